The zero-order valence-corrected chi connectivity index (χ0v) is 7.43. The third-order valence-corrected chi connectivity index (χ3v) is 1.96. The fraction of sp³-hybridized carbons (Fsp3) is 0.625. The van der Waals surface area contributed by atoms with Crippen LogP contribution in [0, 0.1) is 5.41 Å². The molecule has 1 heterocycles. The van der Waals surface area contributed by atoms with Gasteiger partial charge < -0.3 is 20.9 Å². The van der Waals surface area contributed by atoms with Crippen LogP contribution in [-0.4, -0.2) is 44.3 Å². The molecule has 0 radical (unpaired) electrons. The van der Waals surface area contributed by atoms with Gasteiger partial charge in [-0.2, -0.15) is 0 Å². The molecule has 3 N–H and O–H groups in total. The molecule has 0 aliphatic carbocycles. The van der Waals surface area contributed by atoms with Crippen LogP contribution >= 0.6 is 0 Å². The maximum atomic E-state index is 6.97. The minimum absolute atomic E-state index is 1.01. The number of piperazine rings is 1. The van der Waals surface area contributed by atoms with Crippen LogP contribution in [0.4, 0.5) is 0 Å². The average Bonchev–Trinajstić information content (AvgIpc) is 2.15. The van der Waals surface area contributed by atoms with Crippen LogP contribution in [0.2, 0.25) is 0 Å². The quantitative estimate of drug-likeness (QED) is 0.503. The zero-order chi connectivity index (χ0) is 8.81. The summed E-state index contributed by atoms with van der Waals surface area (Å²) < 4.78 is 0. The van der Waals surface area contributed by atoms with Gasteiger partial charge in [0.15, 0.2) is 0 Å². The van der Waals surface area contributed by atoms with E-state index in [1.54, 1.807) is 6.08 Å². The highest BCUT2D eigenvalue weighted by Crippen LogP contribution is 2.00. The van der Waals surface area contributed by atoms with Crippen molar-refractivity contribution in [3.63, 3.8) is 0 Å². The summed E-state index contributed by atoms with van der Waals surface area (Å²) in [6.45, 7) is 4.08. The van der Waals surface area contributed by atoms with Crippen LogP contribution < -0.4 is 10.6 Å². The van der Waals surface area contributed by atoms with Crippen LogP contribution in [0.25, 0.3) is 0 Å². The van der Waals surface area contributed by atoms with Gasteiger partial charge in [0.25, 0.3) is 0 Å². The molecule has 4 heteroatoms. The minimum Gasteiger partial charge on any atom is -0.375 e. The predicted octanol–water partition coefficient (Wildman–Crippen LogP) is -0.398. The molecular formula is C8H16N4. The van der Waals surface area contributed by atoms with Crippen molar-refractivity contribution in [3.05, 3.63) is 11.9 Å². The lowest BCUT2D eigenvalue weighted by molar-refractivity contribution is 0.285. The molecular weight excluding hydrogens is 152 g/mol. The van der Waals surface area contributed by atoms with E-state index in [1.165, 1.54) is 6.21 Å². The largest absolute Gasteiger partial charge is 0.375 e. The molecule has 1 aliphatic heterocycles. The summed E-state index contributed by atoms with van der Waals surface area (Å²) in [5.41, 5.74) is 0. The molecule has 0 atom stereocenters. The number of rotatable bonds is 3. The lowest BCUT2D eigenvalue weighted by Crippen LogP contribution is -2.45. The Kier molecular flexibility index (Phi) is 3.60. The van der Waals surface area contributed by atoms with Crippen molar-refractivity contribution in [2.75, 3.05) is 33.2 Å². The highest BCUT2D eigenvalue weighted by Gasteiger charge is 2.10. The van der Waals surface area contributed by atoms with Crippen molar-refractivity contribution in [2.45, 2.75) is 0 Å². The Morgan fingerprint density at radius 3 is 2.67 bits per heavy atom. The van der Waals surface area contributed by atoms with E-state index in [4.69, 9.17) is 5.41 Å². The van der Waals surface area contributed by atoms with Gasteiger partial charge in [-0.05, 0) is 6.08 Å². The van der Waals surface area contributed by atoms with Crippen molar-refractivity contribution in [1.29, 1.82) is 5.41 Å². The first kappa shape index (κ1) is 9.06. The second-order valence-corrected chi connectivity index (χ2v) is 2.71. The Labute approximate surface area is 73.1 Å². The molecule has 0 unspecified atom stereocenters. The summed E-state index contributed by atoms with van der Waals surface area (Å²) >= 11 is 0. The Balaban J connectivity index is 2.51. The topological polar surface area (TPSA) is 51.2 Å². The van der Waals surface area contributed by atoms with Gasteiger partial charge in [0, 0.05) is 39.4 Å². The SMILES string of the molecule is CN/C(=C\C=N)N1CCNCC1. The smallest absolute Gasteiger partial charge is 0.103 e. The molecule has 0 aromatic carbocycles. The standard InChI is InChI=1S/C8H16N4/c1-10-8(2-3-9)12-6-4-11-5-7-12/h2-3,9-11H,4-7H2,1H3/b8-2+,9-3?. The zero-order valence-electron chi connectivity index (χ0n) is 7.43. The number of hydrogen-bond acceptors (Lipinski definition) is 4. The number of nitrogens with zero attached hydrogens (tertiary/aromatic N) is 1. The third-order valence-electron chi connectivity index (χ3n) is 1.96. The van der Waals surface area contributed by atoms with Gasteiger partial charge >= 0.3 is 0 Å². The fourth-order valence-electron chi connectivity index (χ4n) is 1.33. The molecule has 1 saturated heterocycles. The molecule has 1 rings (SSSR count). The monoisotopic (exact) mass is 168 g/mol. The van der Waals surface area contributed by atoms with E-state index in [0.717, 1.165) is 32.0 Å². The molecule has 0 aromatic rings. The molecule has 1 aliphatic rings. The summed E-state index contributed by atoms with van der Waals surface area (Å²) in [4.78, 5) is 2.24. The van der Waals surface area contributed by atoms with Crippen molar-refractivity contribution in [3.8, 4) is 0 Å². The molecule has 0 spiro atoms. The Morgan fingerprint density at radius 2 is 2.17 bits per heavy atom. The van der Waals surface area contributed by atoms with Gasteiger partial charge in [-0.1, -0.05) is 0 Å². The van der Waals surface area contributed by atoms with E-state index in [1.807, 2.05) is 7.05 Å². The first-order valence-electron chi connectivity index (χ1n) is 4.22. The summed E-state index contributed by atoms with van der Waals surface area (Å²) in [5.74, 6) is 1.03. The molecule has 0 aromatic heterocycles. The van der Waals surface area contributed by atoms with Crippen molar-refractivity contribution in [2.24, 2.45) is 0 Å². The number of nitrogens with one attached hydrogen (secondary N) is 3. The third kappa shape index (κ3) is 2.23. The Morgan fingerprint density at radius 1 is 1.50 bits per heavy atom. The fourth-order valence-corrected chi connectivity index (χ4v) is 1.33. The summed E-state index contributed by atoms with van der Waals surface area (Å²) in [6.07, 6.45) is 3.10. The second-order valence-electron chi connectivity index (χ2n) is 2.71. The van der Waals surface area contributed by atoms with E-state index < -0.39 is 0 Å². The highest BCUT2D eigenvalue weighted by atomic mass is 15.3. The molecule has 0 amide bonds. The maximum Gasteiger partial charge on any atom is 0.103 e. The average molecular weight is 168 g/mol. The van der Waals surface area contributed by atoms with Crippen LogP contribution in [0.15, 0.2) is 11.9 Å². The van der Waals surface area contributed by atoms with Crippen LogP contribution in [0.3, 0.4) is 0 Å². The van der Waals surface area contributed by atoms with Crippen molar-refractivity contribution >= 4 is 6.21 Å². The molecule has 12 heavy (non-hydrogen) atoms. The lowest BCUT2D eigenvalue weighted by Gasteiger charge is -2.30. The molecule has 4 nitrogen and oxygen atoms in total. The van der Waals surface area contributed by atoms with E-state index in [0.29, 0.717) is 0 Å². The van der Waals surface area contributed by atoms with E-state index >= 15 is 0 Å². The molecule has 0 saturated carbocycles. The Bertz CT molecular complexity index is 170. The van der Waals surface area contributed by atoms with Crippen molar-refractivity contribution < 1.29 is 0 Å². The summed E-state index contributed by atoms with van der Waals surface area (Å²) in [7, 11) is 1.89. The van der Waals surface area contributed by atoms with Gasteiger partial charge in [-0.15, -0.1) is 0 Å². The normalized spacial score (nSPS) is 19.1. The van der Waals surface area contributed by atoms with E-state index in [-0.39, 0.29) is 0 Å². The minimum atomic E-state index is 1.01. The van der Waals surface area contributed by atoms with Crippen LogP contribution in [0.1, 0.15) is 0 Å². The second kappa shape index (κ2) is 4.77. The summed E-state index contributed by atoms with van der Waals surface area (Å²) in [6, 6.07) is 0. The lowest BCUT2D eigenvalue weighted by atomic mass is 10.3. The van der Waals surface area contributed by atoms with Gasteiger partial charge in [0.1, 0.15) is 5.82 Å². The highest BCUT2D eigenvalue weighted by molar-refractivity contribution is 5.68. The van der Waals surface area contributed by atoms with Gasteiger partial charge in [0.2, 0.25) is 0 Å². The van der Waals surface area contributed by atoms with Gasteiger partial charge in [-0.3, -0.25) is 0 Å². The molecule has 1 fully saturated rings. The van der Waals surface area contributed by atoms with Crippen molar-refractivity contribution in [1.82, 2.24) is 15.5 Å². The first-order chi connectivity index (χ1) is 5.88. The summed E-state index contributed by atoms with van der Waals surface area (Å²) in [5, 5.41) is 13.3. The Hall–Kier alpha value is -1.03. The first-order valence-corrected chi connectivity index (χ1v) is 4.22. The van der Waals surface area contributed by atoms with E-state index in [9.17, 15) is 0 Å². The molecule has 0 bridgehead atoms. The molecule has 68 valence electrons. The maximum absolute atomic E-state index is 6.97. The number of allylic oxidation sites excluding steroid dienone is 1. The van der Waals surface area contributed by atoms with Crippen LogP contribution in [0.5, 0.6) is 0 Å². The predicted molar refractivity (Wildman–Crippen MR) is 50.4 cm³/mol. The van der Waals surface area contributed by atoms with Gasteiger partial charge in [0.05, 0.1) is 0 Å². The van der Waals surface area contributed by atoms with Crippen LogP contribution in [-0.2, 0) is 0 Å². The van der Waals surface area contributed by atoms with E-state index in [2.05, 4.69) is 15.5 Å². The number of hydrogen-bond donors (Lipinski definition) is 3. The van der Waals surface area contributed by atoms with Gasteiger partial charge in [-0.25, -0.2) is 0 Å².